The van der Waals surface area contributed by atoms with Gasteiger partial charge >= 0.3 is 0 Å². The Kier molecular flexibility index (Phi) is 3.61. The molecule has 1 aromatic rings. The molecule has 1 saturated heterocycles. The molecule has 0 saturated carbocycles. The van der Waals surface area contributed by atoms with E-state index in [-0.39, 0.29) is 17.8 Å². The number of β-amino-alcohol motifs (C(OH)–C–C–N with tert-alkyl or cyclic N) is 1. The van der Waals surface area contributed by atoms with Gasteiger partial charge in [0.05, 0.1) is 6.10 Å². The minimum atomic E-state index is -0.707. The molecule has 1 aliphatic rings. The van der Waals surface area contributed by atoms with Crippen LogP contribution in [0.15, 0.2) is 12.1 Å². The van der Waals surface area contributed by atoms with Gasteiger partial charge in [0.25, 0.3) is 0 Å². The molecular weight excluding hydrogens is 240 g/mol. The van der Waals surface area contributed by atoms with Crippen LogP contribution in [0.2, 0.25) is 0 Å². The number of ketones is 1. The number of halogens is 2. The number of carbonyl (C=O) groups excluding carboxylic acids is 1. The summed E-state index contributed by atoms with van der Waals surface area (Å²) in [6, 6.07) is 2.44. The zero-order valence-electron chi connectivity index (χ0n) is 10.1. The molecule has 1 atom stereocenters. The van der Waals surface area contributed by atoms with Crippen LogP contribution in [-0.2, 0) is 11.2 Å². The van der Waals surface area contributed by atoms with Crippen molar-refractivity contribution in [2.45, 2.75) is 25.9 Å². The lowest BCUT2D eigenvalue weighted by atomic mass is 10.1. The number of hydrogen-bond donors (Lipinski definition) is 1. The second-order valence-electron chi connectivity index (χ2n) is 4.66. The van der Waals surface area contributed by atoms with Crippen molar-refractivity contribution in [1.82, 2.24) is 0 Å². The van der Waals surface area contributed by atoms with E-state index in [2.05, 4.69) is 0 Å². The average molecular weight is 255 g/mol. The van der Waals surface area contributed by atoms with E-state index in [1.807, 2.05) is 0 Å². The SMILES string of the molecule is CC(=O)Cc1c(F)cc(N2CC[C@@H](O)C2)cc1F. The fraction of sp³-hybridized carbons (Fsp3) is 0.462. The molecule has 1 N–H and O–H groups in total. The molecule has 1 aliphatic heterocycles. The van der Waals surface area contributed by atoms with E-state index in [1.54, 1.807) is 4.90 Å². The first-order chi connectivity index (χ1) is 8.47. The highest BCUT2D eigenvalue weighted by Gasteiger charge is 2.22. The summed E-state index contributed by atoms with van der Waals surface area (Å²) in [5.74, 6) is -1.69. The van der Waals surface area contributed by atoms with Gasteiger partial charge in [-0.25, -0.2) is 8.78 Å². The third kappa shape index (κ3) is 2.67. The van der Waals surface area contributed by atoms with Gasteiger partial charge < -0.3 is 10.0 Å². The number of rotatable bonds is 3. The minimum Gasteiger partial charge on any atom is -0.391 e. The summed E-state index contributed by atoms with van der Waals surface area (Å²) in [5.41, 5.74) is 0.222. The fourth-order valence-corrected chi connectivity index (χ4v) is 2.17. The Bertz CT molecular complexity index is 453. The molecule has 1 heterocycles. The molecule has 98 valence electrons. The number of hydrogen-bond acceptors (Lipinski definition) is 3. The quantitative estimate of drug-likeness (QED) is 0.893. The van der Waals surface area contributed by atoms with Crippen LogP contribution in [0, 0.1) is 11.6 Å². The number of Topliss-reactive ketones (excluding diaryl/α,β-unsaturated/α-hetero) is 1. The van der Waals surface area contributed by atoms with Crippen LogP contribution < -0.4 is 4.90 Å². The van der Waals surface area contributed by atoms with Crippen molar-refractivity contribution in [3.63, 3.8) is 0 Å². The Hall–Kier alpha value is -1.49. The van der Waals surface area contributed by atoms with Crippen molar-refractivity contribution < 1.29 is 18.7 Å². The molecule has 0 radical (unpaired) electrons. The average Bonchev–Trinajstić information content (AvgIpc) is 2.70. The highest BCUT2D eigenvalue weighted by molar-refractivity contribution is 5.78. The maximum absolute atomic E-state index is 13.7. The fourth-order valence-electron chi connectivity index (χ4n) is 2.17. The molecule has 0 aromatic heterocycles. The van der Waals surface area contributed by atoms with Crippen molar-refractivity contribution in [3.8, 4) is 0 Å². The van der Waals surface area contributed by atoms with Gasteiger partial charge in [0, 0.05) is 30.8 Å². The number of carbonyl (C=O) groups is 1. The van der Waals surface area contributed by atoms with E-state index >= 15 is 0 Å². The van der Waals surface area contributed by atoms with E-state index in [4.69, 9.17) is 0 Å². The zero-order valence-corrected chi connectivity index (χ0v) is 10.1. The predicted molar refractivity (Wildman–Crippen MR) is 63.6 cm³/mol. The number of nitrogens with zero attached hydrogens (tertiary/aromatic N) is 1. The standard InChI is InChI=1S/C13H15F2NO2/c1-8(17)4-11-12(14)5-9(6-13(11)15)16-3-2-10(18)7-16/h5-6,10,18H,2-4,7H2,1H3/t10-/m1/s1. The van der Waals surface area contributed by atoms with Crippen molar-refractivity contribution in [3.05, 3.63) is 29.3 Å². The summed E-state index contributed by atoms with van der Waals surface area (Å²) in [4.78, 5) is 12.7. The third-order valence-electron chi connectivity index (χ3n) is 3.08. The molecule has 1 aromatic carbocycles. The minimum absolute atomic E-state index is 0.189. The van der Waals surface area contributed by atoms with Gasteiger partial charge in [-0.15, -0.1) is 0 Å². The van der Waals surface area contributed by atoms with Crippen molar-refractivity contribution in [2.75, 3.05) is 18.0 Å². The van der Waals surface area contributed by atoms with Gasteiger partial charge in [0.2, 0.25) is 0 Å². The van der Waals surface area contributed by atoms with Gasteiger partial charge in [-0.05, 0) is 25.5 Å². The first kappa shape index (κ1) is 13.0. The maximum Gasteiger partial charge on any atom is 0.134 e. The molecule has 2 rings (SSSR count). The molecular formula is C13H15F2NO2. The van der Waals surface area contributed by atoms with Crippen LogP contribution in [0.3, 0.4) is 0 Å². The molecule has 1 fully saturated rings. The van der Waals surface area contributed by atoms with E-state index in [0.717, 1.165) is 0 Å². The molecule has 5 heteroatoms. The molecule has 0 spiro atoms. The van der Waals surface area contributed by atoms with Crippen LogP contribution >= 0.6 is 0 Å². The lowest BCUT2D eigenvalue weighted by molar-refractivity contribution is -0.116. The van der Waals surface area contributed by atoms with E-state index in [1.165, 1.54) is 19.1 Å². The summed E-state index contributed by atoms with van der Waals surface area (Å²) in [6.07, 6.45) is -0.0908. The third-order valence-corrected chi connectivity index (χ3v) is 3.08. The Labute approximate surface area is 104 Å². The highest BCUT2D eigenvalue weighted by Crippen LogP contribution is 2.25. The predicted octanol–water partition coefficient (Wildman–Crippen LogP) is 1.67. The number of anilines is 1. The zero-order chi connectivity index (χ0) is 13.3. The highest BCUT2D eigenvalue weighted by atomic mass is 19.1. The first-order valence-electron chi connectivity index (χ1n) is 5.87. The Morgan fingerprint density at radius 3 is 2.50 bits per heavy atom. The van der Waals surface area contributed by atoms with E-state index < -0.39 is 17.7 Å². The van der Waals surface area contributed by atoms with Crippen LogP contribution in [0.25, 0.3) is 0 Å². The van der Waals surface area contributed by atoms with E-state index in [9.17, 15) is 18.7 Å². The molecule has 18 heavy (non-hydrogen) atoms. The van der Waals surface area contributed by atoms with Crippen molar-refractivity contribution >= 4 is 11.5 Å². The van der Waals surface area contributed by atoms with Gasteiger partial charge in [0.1, 0.15) is 17.4 Å². The second kappa shape index (κ2) is 5.02. The van der Waals surface area contributed by atoms with E-state index in [0.29, 0.717) is 25.2 Å². The van der Waals surface area contributed by atoms with Crippen molar-refractivity contribution in [2.24, 2.45) is 0 Å². The van der Waals surface area contributed by atoms with Gasteiger partial charge in [0.15, 0.2) is 0 Å². The smallest absolute Gasteiger partial charge is 0.134 e. The molecule has 0 bridgehead atoms. The Morgan fingerprint density at radius 1 is 1.44 bits per heavy atom. The normalized spacial score (nSPS) is 19.3. The first-order valence-corrected chi connectivity index (χ1v) is 5.87. The number of aliphatic hydroxyl groups excluding tert-OH is 1. The van der Waals surface area contributed by atoms with Crippen LogP contribution in [-0.4, -0.2) is 30.1 Å². The molecule has 0 aliphatic carbocycles. The lowest BCUT2D eigenvalue weighted by Gasteiger charge is -2.19. The monoisotopic (exact) mass is 255 g/mol. The molecule has 0 amide bonds. The van der Waals surface area contributed by atoms with Gasteiger partial charge in [-0.3, -0.25) is 4.79 Å². The Balaban J connectivity index is 2.27. The summed E-state index contributed by atoms with van der Waals surface area (Å²) >= 11 is 0. The van der Waals surface area contributed by atoms with Crippen LogP contribution in [0.5, 0.6) is 0 Å². The number of benzene rings is 1. The largest absolute Gasteiger partial charge is 0.391 e. The topological polar surface area (TPSA) is 40.5 Å². The summed E-state index contributed by atoms with van der Waals surface area (Å²) in [6.45, 7) is 2.25. The molecule has 3 nitrogen and oxygen atoms in total. The van der Waals surface area contributed by atoms with Crippen LogP contribution in [0.1, 0.15) is 18.9 Å². The van der Waals surface area contributed by atoms with Gasteiger partial charge in [-0.2, -0.15) is 0 Å². The van der Waals surface area contributed by atoms with Crippen molar-refractivity contribution in [1.29, 1.82) is 0 Å². The maximum atomic E-state index is 13.7. The Morgan fingerprint density at radius 2 is 2.06 bits per heavy atom. The second-order valence-corrected chi connectivity index (χ2v) is 4.66. The summed E-state index contributed by atoms with van der Waals surface area (Å²) < 4.78 is 27.5. The van der Waals surface area contributed by atoms with Gasteiger partial charge in [-0.1, -0.05) is 0 Å². The summed E-state index contributed by atoms with van der Waals surface area (Å²) in [5, 5.41) is 9.40. The van der Waals surface area contributed by atoms with Crippen LogP contribution in [0.4, 0.5) is 14.5 Å². The molecule has 0 unspecified atom stereocenters. The number of aliphatic hydroxyl groups is 1. The summed E-state index contributed by atoms with van der Waals surface area (Å²) in [7, 11) is 0. The lowest BCUT2D eigenvalue weighted by Crippen LogP contribution is -2.21.